The number of ether oxygens (including phenoxy) is 2. The predicted molar refractivity (Wildman–Crippen MR) is 129 cm³/mol. The lowest BCUT2D eigenvalue weighted by atomic mass is 9.78. The zero-order valence-corrected chi connectivity index (χ0v) is 19.4. The fourth-order valence-corrected chi connectivity index (χ4v) is 4.25. The molecule has 3 rings (SSSR count). The summed E-state index contributed by atoms with van der Waals surface area (Å²) in [6.45, 7) is 9.90. The highest BCUT2D eigenvalue weighted by Gasteiger charge is 2.21. The van der Waals surface area contributed by atoms with E-state index in [1.54, 1.807) is 6.92 Å². The molecule has 1 aliphatic carbocycles. The second-order valence-electron chi connectivity index (χ2n) is 8.58. The maximum absolute atomic E-state index is 11.5. The summed E-state index contributed by atoms with van der Waals surface area (Å²) in [6.07, 6.45) is 6.13. The fraction of sp³-hybridized carbons (Fsp3) is 0.393. The zero-order chi connectivity index (χ0) is 23.1. The first-order chi connectivity index (χ1) is 15.4. The van der Waals surface area contributed by atoms with Crippen LogP contribution in [0.5, 0.6) is 5.75 Å². The maximum Gasteiger partial charge on any atom is 0.333 e. The van der Waals surface area contributed by atoms with Crippen LogP contribution in [0.3, 0.4) is 0 Å². The van der Waals surface area contributed by atoms with Crippen molar-refractivity contribution in [3.63, 3.8) is 0 Å². The molecule has 170 valence electrons. The number of hydrogen-bond donors (Lipinski definition) is 1. The lowest BCUT2D eigenvalue weighted by Crippen LogP contribution is -2.13. The van der Waals surface area contributed by atoms with E-state index in [4.69, 9.17) is 9.47 Å². The van der Waals surface area contributed by atoms with Gasteiger partial charge in [-0.05, 0) is 61.8 Å². The summed E-state index contributed by atoms with van der Waals surface area (Å²) in [6, 6.07) is 14.5. The summed E-state index contributed by atoms with van der Waals surface area (Å²) < 4.78 is 10.9. The highest BCUT2D eigenvalue weighted by molar-refractivity contribution is 5.86. The van der Waals surface area contributed by atoms with Crippen molar-refractivity contribution >= 4 is 5.97 Å². The smallest absolute Gasteiger partial charge is 0.333 e. The van der Waals surface area contributed by atoms with Crippen molar-refractivity contribution in [2.45, 2.75) is 52.6 Å². The number of rotatable bonds is 9. The van der Waals surface area contributed by atoms with E-state index in [0.717, 1.165) is 17.0 Å². The largest absolute Gasteiger partial charge is 0.490 e. The van der Waals surface area contributed by atoms with Crippen LogP contribution in [0, 0.1) is 5.92 Å². The zero-order valence-electron chi connectivity index (χ0n) is 19.4. The second kappa shape index (κ2) is 11.1. The van der Waals surface area contributed by atoms with Gasteiger partial charge in [-0.15, -0.1) is 0 Å². The summed E-state index contributed by atoms with van der Waals surface area (Å²) in [5, 5.41) is 9.66. The molecule has 0 amide bonds. The number of benzene rings is 2. The number of carbonyl (C=O) groups is 1. The van der Waals surface area contributed by atoms with Gasteiger partial charge in [-0.2, -0.15) is 0 Å². The SMILES string of the molecule is C=C(C)C(=O)OCCOc1cc(-c2ccc(C3CCC(CC)C=C3C)cc2)ccc1CO. The van der Waals surface area contributed by atoms with Gasteiger partial charge in [0.2, 0.25) is 0 Å². The first-order valence-electron chi connectivity index (χ1n) is 11.4. The molecule has 0 heterocycles. The Hall–Kier alpha value is -2.85. The average molecular weight is 435 g/mol. The van der Waals surface area contributed by atoms with Crippen molar-refractivity contribution in [3.8, 4) is 16.9 Å². The van der Waals surface area contributed by atoms with Gasteiger partial charge < -0.3 is 14.6 Å². The average Bonchev–Trinajstić information content (AvgIpc) is 2.81. The molecule has 32 heavy (non-hydrogen) atoms. The van der Waals surface area contributed by atoms with Gasteiger partial charge >= 0.3 is 5.97 Å². The van der Waals surface area contributed by atoms with E-state index in [2.05, 4.69) is 50.8 Å². The van der Waals surface area contributed by atoms with E-state index in [-0.39, 0.29) is 19.8 Å². The minimum atomic E-state index is -0.432. The number of hydrogen-bond acceptors (Lipinski definition) is 4. The lowest BCUT2D eigenvalue weighted by Gasteiger charge is -2.27. The third-order valence-electron chi connectivity index (χ3n) is 6.21. The minimum absolute atomic E-state index is 0.119. The quantitative estimate of drug-likeness (QED) is 0.221. The summed E-state index contributed by atoms with van der Waals surface area (Å²) in [4.78, 5) is 11.5. The highest BCUT2D eigenvalue weighted by atomic mass is 16.6. The van der Waals surface area contributed by atoms with Gasteiger partial charge in [0.1, 0.15) is 19.0 Å². The van der Waals surface area contributed by atoms with Crippen molar-refractivity contribution < 1.29 is 19.4 Å². The van der Waals surface area contributed by atoms with Gasteiger partial charge in [0.15, 0.2) is 0 Å². The number of esters is 1. The van der Waals surface area contributed by atoms with Crippen molar-refractivity contribution in [3.05, 3.63) is 77.4 Å². The molecule has 0 fully saturated rings. The third-order valence-corrected chi connectivity index (χ3v) is 6.21. The number of aliphatic hydroxyl groups is 1. The molecule has 0 spiro atoms. The summed E-state index contributed by atoms with van der Waals surface area (Å²) in [7, 11) is 0. The van der Waals surface area contributed by atoms with Gasteiger partial charge in [-0.1, -0.05) is 61.5 Å². The Bertz CT molecular complexity index is 971. The van der Waals surface area contributed by atoms with Crippen molar-refractivity contribution in [2.24, 2.45) is 5.92 Å². The number of aliphatic hydroxyl groups excluding tert-OH is 1. The fourth-order valence-electron chi connectivity index (χ4n) is 4.25. The van der Waals surface area contributed by atoms with Crippen LogP contribution < -0.4 is 4.74 Å². The van der Waals surface area contributed by atoms with E-state index >= 15 is 0 Å². The van der Waals surface area contributed by atoms with Gasteiger partial charge in [-0.3, -0.25) is 0 Å². The van der Waals surface area contributed by atoms with Crippen LogP contribution >= 0.6 is 0 Å². The third kappa shape index (κ3) is 5.89. The normalized spacial score (nSPS) is 18.1. The Morgan fingerprint density at radius 3 is 2.44 bits per heavy atom. The van der Waals surface area contributed by atoms with E-state index in [9.17, 15) is 9.90 Å². The molecular weight excluding hydrogens is 400 g/mol. The standard InChI is InChI=1S/C28H34O4/c1-5-21-6-13-26(20(4)16-21)23-9-7-22(8-10-23)24-11-12-25(18-29)27(17-24)31-14-15-32-28(30)19(2)3/h7-12,16-17,21,26,29H,2,5-6,13-15,18H2,1,3-4H3. The Balaban J connectivity index is 1.70. The van der Waals surface area contributed by atoms with Crippen LogP contribution in [0.4, 0.5) is 0 Å². The molecule has 0 bridgehead atoms. The van der Waals surface area contributed by atoms with E-state index in [0.29, 0.717) is 22.8 Å². The molecule has 0 aromatic heterocycles. The predicted octanol–water partition coefficient (Wildman–Crippen LogP) is 6.19. The Kier molecular flexibility index (Phi) is 8.29. The molecule has 0 saturated heterocycles. The summed E-state index contributed by atoms with van der Waals surface area (Å²) >= 11 is 0. The van der Waals surface area contributed by atoms with E-state index in [1.165, 1.54) is 30.4 Å². The molecule has 0 saturated carbocycles. The lowest BCUT2D eigenvalue weighted by molar-refractivity contribution is -0.139. The molecule has 2 aromatic rings. The van der Waals surface area contributed by atoms with Crippen LogP contribution in [-0.2, 0) is 16.1 Å². The van der Waals surface area contributed by atoms with Crippen LogP contribution in [0.1, 0.15) is 57.1 Å². The minimum Gasteiger partial charge on any atom is -0.490 e. The molecule has 0 aliphatic heterocycles. The molecule has 0 radical (unpaired) electrons. The summed E-state index contributed by atoms with van der Waals surface area (Å²) in [5.74, 6) is 1.39. The molecule has 4 nitrogen and oxygen atoms in total. The molecule has 4 heteroatoms. The molecule has 1 aliphatic rings. The molecule has 2 unspecified atom stereocenters. The van der Waals surface area contributed by atoms with Gasteiger partial charge in [0, 0.05) is 17.1 Å². The molecular formula is C28H34O4. The van der Waals surface area contributed by atoms with Crippen molar-refractivity contribution in [2.75, 3.05) is 13.2 Å². The Morgan fingerprint density at radius 2 is 1.81 bits per heavy atom. The first-order valence-corrected chi connectivity index (χ1v) is 11.4. The van der Waals surface area contributed by atoms with Crippen LogP contribution in [0.15, 0.2) is 66.3 Å². The van der Waals surface area contributed by atoms with Crippen LogP contribution in [0.2, 0.25) is 0 Å². The van der Waals surface area contributed by atoms with Crippen molar-refractivity contribution in [1.82, 2.24) is 0 Å². The van der Waals surface area contributed by atoms with Crippen LogP contribution in [0.25, 0.3) is 11.1 Å². The van der Waals surface area contributed by atoms with E-state index in [1.807, 2.05) is 18.2 Å². The first kappa shape index (κ1) is 23.8. The number of carbonyl (C=O) groups excluding carboxylic acids is 1. The second-order valence-corrected chi connectivity index (χ2v) is 8.58. The maximum atomic E-state index is 11.5. The van der Waals surface area contributed by atoms with Gasteiger partial charge in [0.05, 0.1) is 6.61 Å². The topological polar surface area (TPSA) is 55.8 Å². The monoisotopic (exact) mass is 434 g/mol. The highest BCUT2D eigenvalue weighted by Crippen LogP contribution is 2.37. The molecule has 1 N–H and O–H groups in total. The Morgan fingerprint density at radius 1 is 1.09 bits per heavy atom. The molecule has 2 atom stereocenters. The number of allylic oxidation sites excluding steroid dienone is 2. The Labute approximate surface area is 191 Å². The van der Waals surface area contributed by atoms with Crippen molar-refractivity contribution in [1.29, 1.82) is 0 Å². The summed E-state index contributed by atoms with van der Waals surface area (Å²) in [5.41, 5.74) is 6.01. The van der Waals surface area contributed by atoms with Crippen LogP contribution in [-0.4, -0.2) is 24.3 Å². The van der Waals surface area contributed by atoms with Gasteiger partial charge in [-0.25, -0.2) is 4.79 Å². The van der Waals surface area contributed by atoms with E-state index < -0.39 is 5.97 Å². The molecule has 2 aromatic carbocycles. The van der Waals surface area contributed by atoms with Gasteiger partial charge in [0.25, 0.3) is 0 Å².